The van der Waals surface area contributed by atoms with Gasteiger partial charge in [-0.3, -0.25) is 14.5 Å². The zero-order chi connectivity index (χ0) is 10.7. The lowest BCUT2D eigenvalue weighted by Gasteiger charge is -2.26. The molecule has 0 aromatic carbocycles. The number of imide groups is 1. The van der Waals surface area contributed by atoms with Gasteiger partial charge in [0.15, 0.2) is 0 Å². The van der Waals surface area contributed by atoms with E-state index >= 15 is 0 Å². The average Bonchev–Trinajstić information content (AvgIpc) is 2.46. The molecule has 2 unspecified atom stereocenters. The van der Waals surface area contributed by atoms with Crippen LogP contribution in [-0.4, -0.2) is 34.0 Å². The Morgan fingerprint density at radius 1 is 1.36 bits per heavy atom. The molecule has 1 aliphatic heterocycles. The van der Waals surface area contributed by atoms with Crippen molar-refractivity contribution in [2.24, 2.45) is 0 Å². The van der Waals surface area contributed by atoms with Crippen LogP contribution in [-0.2, 0) is 9.59 Å². The predicted molar refractivity (Wildman–Crippen MR) is 51.4 cm³/mol. The van der Waals surface area contributed by atoms with Crippen LogP contribution in [0.4, 0.5) is 0 Å². The van der Waals surface area contributed by atoms with Gasteiger partial charge < -0.3 is 5.11 Å². The first-order chi connectivity index (χ1) is 6.57. The lowest BCUT2D eigenvalue weighted by atomic mass is 10.1. The summed E-state index contributed by atoms with van der Waals surface area (Å²) in [5.74, 6) is -0.671. The van der Waals surface area contributed by atoms with Gasteiger partial charge in [0.2, 0.25) is 0 Å². The van der Waals surface area contributed by atoms with E-state index in [2.05, 4.69) is 0 Å². The van der Waals surface area contributed by atoms with E-state index in [1.54, 1.807) is 6.92 Å². The molecule has 1 rings (SSSR count). The number of amides is 2. The second-order valence-corrected chi connectivity index (χ2v) is 3.48. The van der Waals surface area contributed by atoms with Crippen molar-refractivity contribution in [3.63, 3.8) is 0 Å². The van der Waals surface area contributed by atoms with Crippen LogP contribution in [0.2, 0.25) is 0 Å². The summed E-state index contributed by atoms with van der Waals surface area (Å²) in [7, 11) is 0. The SMILES string of the molecule is CCCC(O)C(C)N1C(=O)C=CC1=O. The Morgan fingerprint density at radius 3 is 2.29 bits per heavy atom. The normalized spacial score (nSPS) is 20.4. The molecule has 78 valence electrons. The highest BCUT2D eigenvalue weighted by molar-refractivity contribution is 6.13. The molecule has 0 aromatic rings. The van der Waals surface area contributed by atoms with E-state index in [0.29, 0.717) is 6.42 Å². The maximum atomic E-state index is 11.2. The lowest BCUT2D eigenvalue weighted by molar-refractivity contribution is -0.141. The van der Waals surface area contributed by atoms with Gasteiger partial charge in [0.05, 0.1) is 12.1 Å². The third kappa shape index (κ3) is 2.01. The minimum absolute atomic E-state index is 0.336. The molecule has 0 aromatic heterocycles. The van der Waals surface area contributed by atoms with E-state index in [-0.39, 0.29) is 11.8 Å². The fourth-order valence-electron chi connectivity index (χ4n) is 1.52. The average molecular weight is 197 g/mol. The Morgan fingerprint density at radius 2 is 1.86 bits per heavy atom. The van der Waals surface area contributed by atoms with Crippen molar-refractivity contribution >= 4 is 11.8 Å². The van der Waals surface area contributed by atoms with E-state index in [1.807, 2.05) is 6.92 Å². The first kappa shape index (κ1) is 10.9. The molecule has 0 saturated carbocycles. The van der Waals surface area contributed by atoms with Crippen molar-refractivity contribution in [1.82, 2.24) is 4.90 Å². The molecule has 0 bridgehead atoms. The Hall–Kier alpha value is -1.16. The van der Waals surface area contributed by atoms with E-state index in [9.17, 15) is 14.7 Å². The van der Waals surface area contributed by atoms with E-state index in [1.165, 1.54) is 12.2 Å². The molecule has 0 aliphatic carbocycles. The van der Waals surface area contributed by atoms with Crippen LogP contribution in [0.3, 0.4) is 0 Å². The van der Waals surface area contributed by atoms with Crippen molar-refractivity contribution in [3.05, 3.63) is 12.2 Å². The number of rotatable bonds is 4. The molecule has 2 amide bonds. The predicted octanol–water partition coefficient (Wildman–Crippen LogP) is 0.461. The third-order valence-electron chi connectivity index (χ3n) is 2.39. The lowest BCUT2D eigenvalue weighted by Crippen LogP contribution is -2.45. The Kier molecular flexibility index (Phi) is 3.41. The number of nitrogens with zero attached hydrogens (tertiary/aromatic N) is 1. The van der Waals surface area contributed by atoms with Crippen LogP contribution in [0.5, 0.6) is 0 Å². The summed E-state index contributed by atoms with van der Waals surface area (Å²) in [4.78, 5) is 23.6. The van der Waals surface area contributed by atoms with Crippen molar-refractivity contribution in [1.29, 1.82) is 0 Å². The minimum Gasteiger partial charge on any atom is -0.391 e. The van der Waals surface area contributed by atoms with Gasteiger partial charge in [-0.05, 0) is 13.3 Å². The second kappa shape index (κ2) is 4.37. The van der Waals surface area contributed by atoms with Crippen LogP contribution in [0.25, 0.3) is 0 Å². The fraction of sp³-hybridized carbons (Fsp3) is 0.600. The molecule has 0 radical (unpaired) electrons. The highest BCUT2D eigenvalue weighted by Crippen LogP contribution is 2.14. The van der Waals surface area contributed by atoms with Gasteiger partial charge in [0, 0.05) is 12.2 Å². The largest absolute Gasteiger partial charge is 0.391 e. The Bertz CT molecular complexity index is 255. The van der Waals surface area contributed by atoms with Crippen molar-refractivity contribution in [2.75, 3.05) is 0 Å². The highest BCUT2D eigenvalue weighted by Gasteiger charge is 2.31. The Balaban J connectivity index is 2.65. The van der Waals surface area contributed by atoms with Crippen molar-refractivity contribution in [2.45, 2.75) is 38.8 Å². The molecular weight excluding hydrogens is 182 g/mol. The zero-order valence-electron chi connectivity index (χ0n) is 8.43. The van der Waals surface area contributed by atoms with Crippen LogP contribution in [0, 0.1) is 0 Å². The Labute approximate surface area is 83.2 Å². The van der Waals surface area contributed by atoms with E-state index in [0.717, 1.165) is 11.3 Å². The zero-order valence-corrected chi connectivity index (χ0v) is 8.43. The van der Waals surface area contributed by atoms with Gasteiger partial charge in [-0.2, -0.15) is 0 Å². The molecule has 0 spiro atoms. The molecule has 0 fully saturated rings. The van der Waals surface area contributed by atoms with Crippen LogP contribution >= 0.6 is 0 Å². The van der Waals surface area contributed by atoms with Crippen LogP contribution < -0.4 is 0 Å². The summed E-state index contributed by atoms with van der Waals surface area (Å²) < 4.78 is 0. The quantitative estimate of drug-likeness (QED) is 0.666. The van der Waals surface area contributed by atoms with Gasteiger partial charge in [-0.15, -0.1) is 0 Å². The molecule has 1 aliphatic rings. The van der Waals surface area contributed by atoms with Crippen LogP contribution in [0.15, 0.2) is 12.2 Å². The van der Waals surface area contributed by atoms with Gasteiger partial charge in [0.25, 0.3) is 11.8 Å². The topological polar surface area (TPSA) is 57.6 Å². The maximum absolute atomic E-state index is 11.2. The molecule has 2 atom stereocenters. The summed E-state index contributed by atoms with van der Waals surface area (Å²) in [5.41, 5.74) is 0. The summed E-state index contributed by atoms with van der Waals surface area (Å²) >= 11 is 0. The first-order valence-corrected chi connectivity index (χ1v) is 4.81. The molecule has 1 heterocycles. The van der Waals surface area contributed by atoms with Gasteiger partial charge in [0.1, 0.15) is 0 Å². The fourth-order valence-corrected chi connectivity index (χ4v) is 1.52. The highest BCUT2D eigenvalue weighted by atomic mass is 16.3. The summed E-state index contributed by atoms with van der Waals surface area (Å²) in [6.07, 6.45) is 3.26. The number of aliphatic hydroxyl groups is 1. The van der Waals surface area contributed by atoms with Gasteiger partial charge in [-0.1, -0.05) is 13.3 Å². The minimum atomic E-state index is -0.632. The molecule has 1 N–H and O–H groups in total. The smallest absolute Gasteiger partial charge is 0.253 e. The maximum Gasteiger partial charge on any atom is 0.253 e. The van der Waals surface area contributed by atoms with E-state index in [4.69, 9.17) is 0 Å². The summed E-state index contributed by atoms with van der Waals surface area (Å²) in [6, 6.07) is -0.440. The van der Waals surface area contributed by atoms with Crippen molar-refractivity contribution in [3.8, 4) is 0 Å². The molecule has 14 heavy (non-hydrogen) atoms. The number of hydrogen-bond donors (Lipinski definition) is 1. The van der Waals surface area contributed by atoms with Gasteiger partial charge >= 0.3 is 0 Å². The number of aliphatic hydroxyl groups excluding tert-OH is 1. The number of hydrogen-bond acceptors (Lipinski definition) is 3. The second-order valence-electron chi connectivity index (χ2n) is 3.48. The molecule has 4 nitrogen and oxygen atoms in total. The van der Waals surface area contributed by atoms with Gasteiger partial charge in [-0.25, -0.2) is 0 Å². The summed E-state index contributed by atoms with van der Waals surface area (Å²) in [6.45, 7) is 3.63. The number of carbonyl (C=O) groups excluding carboxylic acids is 2. The van der Waals surface area contributed by atoms with E-state index < -0.39 is 12.1 Å². The first-order valence-electron chi connectivity index (χ1n) is 4.81. The standard InChI is InChI=1S/C10H15NO3/c1-3-4-8(12)7(2)11-9(13)5-6-10(11)14/h5-8,12H,3-4H2,1-2H3. The van der Waals surface area contributed by atoms with Crippen molar-refractivity contribution < 1.29 is 14.7 Å². The number of carbonyl (C=O) groups is 2. The molecular formula is C10H15NO3. The third-order valence-corrected chi connectivity index (χ3v) is 2.39. The molecule has 4 heteroatoms. The monoisotopic (exact) mass is 197 g/mol. The summed E-state index contributed by atoms with van der Waals surface area (Å²) in [5, 5.41) is 9.64. The molecule has 0 saturated heterocycles. The van der Waals surface area contributed by atoms with Crippen LogP contribution in [0.1, 0.15) is 26.7 Å².